The van der Waals surface area contributed by atoms with E-state index in [1.165, 1.54) is 0 Å². The molecule has 1 aromatic rings. The van der Waals surface area contributed by atoms with Gasteiger partial charge in [0, 0.05) is 12.1 Å². The molecular formula is C23H31NO3. The van der Waals surface area contributed by atoms with Gasteiger partial charge in [-0.1, -0.05) is 58.1 Å². The molecule has 146 valence electrons. The van der Waals surface area contributed by atoms with Crippen LogP contribution in [0.5, 0.6) is 5.75 Å². The molecule has 1 aliphatic rings. The maximum Gasteiger partial charge on any atom is 0.160 e. The van der Waals surface area contributed by atoms with Crippen molar-refractivity contribution in [1.82, 2.24) is 0 Å². The number of carbonyl (C=O) groups excluding carboxylic acids is 1. The molecule has 2 rings (SSSR count). The Labute approximate surface area is 163 Å². The fourth-order valence-corrected chi connectivity index (χ4v) is 2.46. The molecule has 0 saturated carbocycles. The predicted octanol–water partition coefficient (Wildman–Crippen LogP) is 4.75. The third-order valence-corrected chi connectivity index (χ3v) is 4.93. The number of ketones is 1. The smallest absolute Gasteiger partial charge is 0.160 e. The first kappa shape index (κ1) is 21.1. The fraction of sp³-hybridized carbons (Fsp3) is 0.478. The Morgan fingerprint density at radius 3 is 2.44 bits per heavy atom. The molecule has 0 spiro atoms. The van der Waals surface area contributed by atoms with Crippen LogP contribution in [0, 0.1) is 11.8 Å². The molecule has 0 fully saturated rings. The Morgan fingerprint density at radius 1 is 1.11 bits per heavy atom. The van der Waals surface area contributed by atoms with Crippen molar-refractivity contribution in [3.63, 3.8) is 0 Å². The van der Waals surface area contributed by atoms with Crippen molar-refractivity contribution in [3.8, 4) is 5.75 Å². The Kier molecular flexibility index (Phi) is 7.55. The van der Waals surface area contributed by atoms with E-state index in [-0.39, 0.29) is 23.8 Å². The number of rotatable bonds is 9. The number of aliphatic imine (C=N–C) groups is 1. The van der Waals surface area contributed by atoms with E-state index in [4.69, 9.17) is 14.5 Å². The third-order valence-electron chi connectivity index (χ3n) is 4.93. The van der Waals surface area contributed by atoms with Crippen molar-refractivity contribution >= 4 is 17.6 Å². The summed E-state index contributed by atoms with van der Waals surface area (Å²) in [6.45, 7) is 11.2. The minimum atomic E-state index is -0.168. The maximum atomic E-state index is 11.5. The molecule has 0 aliphatic carbocycles. The van der Waals surface area contributed by atoms with Gasteiger partial charge in [0.1, 0.15) is 19.0 Å². The summed E-state index contributed by atoms with van der Waals surface area (Å²) in [5, 5.41) is 0. The summed E-state index contributed by atoms with van der Waals surface area (Å²) in [5.74, 6) is 1.34. The van der Waals surface area contributed by atoms with Gasteiger partial charge in [-0.25, -0.2) is 0 Å². The highest BCUT2D eigenvalue weighted by Crippen LogP contribution is 2.27. The van der Waals surface area contributed by atoms with Crippen LogP contribution in [0.1, 0.15) is 40.2 Å². The molecule has 0 bridgehead atoms. The number of hydrogen-bond donors (Lipinski definition) is 0. The van der Waals surface area contributed by atoms with Gasteiger partial charge in [-0.15, -0.1) is 0 Å². The molecular weight excluding hydrogens is 338 g/mol. The molecule has 1 heterocycles. The Morgan fingerprint density at radius 2 is 1.81 bits per heavy atom. The van der Waals surface area contributed by atoms with Gasteiger partial charge in [0.25, 0.3) is 0 Å². The van der Waals surface area contributed by atoms with Crippen LogP contribution in [0.3, 0.4) is 0 Å². The van der Waals surface area contributed by atoms with E-state index >= 15 is 0 Å². The van der Waals surface area contributed by atoms with Gasteiger partial charge in [-0.2, -0.15) is 0 Å². The highest BCUT2D eigenvalue weighted by Gasteiger charge is 2.24. The number of carbonyl (C=O) groups is 1. The second-order valence-corrected chi connectivity index (χ2v) is 7.67. The molecule has 0 radical (unpaired) electrons. The molecule has 0 N–H and O–H groups in total. The molecule has 4 heteroatoms. The molecule has 27 heavy (non-hydrogen) atoms. The SMILES string of the molecule is CC(C)C(=O)COCCOc1ccc(C2=CC=CC(C)(C(C)C)N=C2)cc1. The minimum Gasteiger partial charge on any atom is -0.491 e. The van der Waals surface area contributed by atoms with Crippen LogP contribution in [0.2, 0.25) is 0 Å². The van der Waals surface area contributed by atoms with Crippen LogP contribution in [0.25, 0.3) is 5.57 Å². The van der Waals surface area contributed by atoms with Crippen molar-refractivity contribution in [2.75, 3.05) is 19.8 Å². The maximum absolute atomic E-state index is 11.5. The molecule has 0 saturated heterocycles. The van der Waals surface area contributed by atoms with Crippen LogP contribution < -0.4 is 4.74 Å². The monoisotopic (exact) mass is 369 g/mol. The zero-order valence-corrected chi connectivity index (χ0v) is 17.1. The Balaban J connectivity index is 1.86. The number of hydrogen-bond acceptors (Lipinski definition) is 4. The van der Waals surface area contributed by atoms with Crippen LogP contribution in [0.15, 0.2) is 47.5 Å². The number of benzene rings is 1. The molecule has 0 amide bonds. The first-order valence-electron chi connectivity index (χ1n) is 9.60. The van der Waals surface area contributed by atoms with E-state index in [9.17, 15) is 4.79 Å². The highest BCUT2D eigenvalue weighted by atomic mass is 16.5. The number of allylic oxidation sites excluding steroid dienone is 3. The summed E-state index contributed by atoms with van der Waals surface area (Å²) in [4.78, 5) is 16.3. The molecule has 0 aromatic heterocycles. The largest absolute Gasteiger partial charge is 0.491 e. The lowest BCUT2D eigenvalue weighted by atomic mass is 9.89. The normalized spacial score (nSPS) is 19.3. The van der Waals surface area contributed by atoms with Gasteiger partial charge in [0.15, 0.2) is 5.78 Å². The summed E-state index contributed by atoms with van der Waals surface area (Å²) in [6.07, 6.45) is 8.28. The predicted molar refractivity (Wildman–Crippen MR) is 111 cm³/mol. The Bertz CT molecular complexity index is 714. The van der Waals surface area contributed by atoms with E-state index < -0.39 is 0 Å². The Hall–Kier alpha value is -2.20. The van der Waals surface area contributed by atoms with Crippen LogP contribution >= 0.6 is 0 Å². The molecule has 1 unspecified atom stereocenters. The number of nitrogens with zero attached hydrogens (tertiary/aromatic N) is 1. The molecule has 4 nitrogen and oxygen atoms in total. The van der Waals surface area contributed by atoms with E-state index in [0.717, 1.165) is 16.9 Å². The average molecular weight is 370 g/mol. The number of Topliss-reactive ketones (excluding diaryl/α,β-unsaturated/α-hetero) is 1. The van der Waals surface area contributed by atoms with Crippen molar-refractivity contribution in [1.29, 1.82) is 0 Å². The standard InChI is InChI=1S/C23H31NO3/c1-17(2)22(25)16-26-13-14-27-21-10-8-19(9-11-21)20-7-6-12-23(5,18(3)4)24-15-20/h6-12,15,17-18H,13-14,16H2,1-5H3. The van der Waals surface area contributed by atoms with Gasteiger partial charge in [0.05, 0.1) is 12.1 Å². The van der Waals surface area contributed by atoms with Gasteiger partial charge in [-0.3, -0.25) is 9.79 Å². The zero-order valence-electron chi connectivity index (χ0n) is 17.1. The second kappa shape index (κ2) is 9.65. The lowest BCUT2D eigenvalue weighted by Gasteiger charge is -2.25. The van der Waals surface area contributed by atoms with Gasteiger partial charge in [0.2, 0.25) is 0 Å². The first-order chi connectivity index (χ1) is 12.8. The van der Waals surface area contributed by atoms with Gasteiger partial charge in [-0.05, 0) is 36.1 Å². The van der Waals surface area contributed by atoms with E-state index in [1.54, 1.807) is 0 Å². The van der Waals surface area contributed by atoms with E-state index in [0.29, 0.717) is 19.1 Å². The quantitative estimate of drug-likeness (QED) is 0.590. The first-order valence-corrected chi connectivity index (χ1v) is 9.60. The van der Waals surface area contributed by atoms with Crippen LogP contribution in [0.4, 0.5) is 0 Å². The molecule has 1 aromatic carbocycles. The summed E-state index contributed by atoms with van der Waals surface area (Å²) in [7, 11) is 0. The van der Waals surface area contributed by atoms with E-state index in [1.807, 2.05) is 44.3 Å². The highest BCUT2D eigenvalue weighted by molar-refractivity contribution is 6.10. The van der Waals surface area contributed by atoms with Crippen LogP contribution in [-0.2, 0) is 9.53 Å². The fourth-order valence-electron chi connectivity index (χ4n) is 2.46. The van der Waals surface area contributed by atoms with Crippen LogP contribution in [-0.4, -0.2) is 37.4 Å². The number of ether oxygens (including phenoxy) is 2. The summed E-state index contributed by atoms with van der Waals surface area (Å²) < 4.78 is 11.0. The van der Waals surface area contributed by atoms with Gasteiger partial charge < -0.3 is 9.47 Å². The molecule has 1 atom stereocenters. The lowest BCUT2D eigenvalue weighted by Crippen LogP contribution is -2.25. The average Bonchev–Trinajstić information content (AvgIpc) is 2.84. The summed E-state index contributed by atoms with van der Waals surface area (Å²) in [5.41, 5.74) is 2.01. The minimum absolute atomic E-state index is 0.00791. The lowest BCUT2D eigenvalue weighted by molar-refractivity contribution is -0.126. The van der Waals surface area contributed by atoms with Crippen molar-refractivity contribution in [2.24, 2.45) is 16.8 Å². The van der Waals surface area contributed by atoms with Gasteiger partial charge >= 0.3 is 0 Å². The van der Waals surface area contributed by atoms with E-state index in [2.05, 4.69) is 39.0 Å². The third kappa shape index (κ3) is 6.17. The topological polar surface area (TPSA) is 47.9 Å². The van der Waals surface area contributed by atoms with Crippen molar-refractivity contribution in [3.05, 3.63) is 48.1 Å². The molecule has 1 aliphatic heterocycles. The summed E-state index contributed by atoms with van der Waals surface area (Å²) >= 11 is 0. The van der Waals surface area contributed by atoms with Crippen molar-refractivity contribution < 1.29 is 14.3 Å². The van der Waals surface area contributed by atoms with Crippen molar-refractivity contribution in [2.45, 2.75) is 40.2 Å². The zero-order chi connectivity index (χ0) is 19.9. The second-order valence-electron chi connectivity index (χ2n) is 7.67. The summed E-state index contributed by atoms with van der Waals surface area (Å²) in [6, 6.07) is 7.95.